The number of H-pyrrole nitrogens is 1. The number of ketones is 1. The van der Waals surface area contributed by atoms with E-state index in [0.29, 0.717) is 30.6 Å². The molecule has 0 aliphatic heterocycles. The number of rotatable bonds is 8. The van der Waals surface area contributed by atoms with Gasteiger partial charge in [-0.05, 0) is 25.3 Å². The van der Waals surface area contributed by atoms with E-state index in [9.17, 15) is 18.8 Å². The lowest BCUT2D eigenvalue weighted by atomic mass is 10.1. The average Bonchev–Trinajstić information content (AvgIpc) is 3.10. The number of carbonyl (C=O) groups excluding carboxylic acids is 1. The first-order chi connectivity index (χ1) is 13.4. The zero-order chi connectivity index (χ0) is 20.3. The van der Waals surface area contributed by atoms with Crippen molar-refractivity contribution in [1.82, 2.24) is 15.1 Å². The summed E-state index contributed by atoms with van der Waals surface area (Å²) in [6, 6.07) is 2.74. The molecule has 3 rings (SSSR count). The van der Waals surface area contributed by atoms with Crippen molar-refractivity contribution in [2.75, 3.05) is 13.7 Å². The molecule has 0 aromatic carbocycles. The summed E-state index contributed by atoms with van der Waals surface area (Å²) in [5, 5.41) is 3.80. The largest absolute Gasteiger partial charge is 0.403 e. The van der Waals surface area contributed by atoms with Gasteiger partial charge in [0.25, 0.3) is 5.56 Å². The zero-order valence-electron chi connectivity index (χ0n) is 15.3. The van der Waals surface area contributed by atoms with Gasteiger partial charge in [-0.3, -0.25) is 9.59 Å². The number of hydrogen-bond acceptors (Lipinski definition) is 8. The van der Waals surface area contributed by atoms with Crippen molar-refractivity contribution < 1.29 is 22.9 Å². The van der Waals surface area contributed by atoms with Crippen LogP contribution in [0, 0.1) is 0 Å². The second-order valence-electron chi connectivity index (χ2n) is 6.23. The van der Waals surface area contributed by atoms with Gasteiger partial charge in [0, 0.05) is 25.7 Å². The number of fused-ring (bicyclic) bond motifs is 1. The van der Waals surface area contributed by atoms with Crippen LogP contribution in [0.3, 0.4) is 0 Å². The van der Waals surface area contributed by atoms with E-state index in [4.69, 9.17) is 13.7 Å². The van der Waals surface area contributed by atoms with E-state index in [1.165, 1.54) is 26.2 Å². The summed E-state index contributed by atoms with van der Waals surface area (Å²) in [6.45, 7) is 1.13. The molecule has 1 atom stereocenters. The van der Waals surface area contributed by atoms with E-state index >= 15 is 0 Å². The molecule has 9 nitrogen and oxygen atoms in total. The van der Waals surface area contributed by atoms with Gasteiger partial charge in [-0.1, -0.05) is 5.16 Å². The summed E-state index contributed by atoms with van der Waals surface area (Å²) >= 11 is 0. The Bertz CT molecular complexity index is 1110. The minimum Gasteiger partial charge on any atom is -0.403 e. The molecule has 0 fully saturated rings. The molecule has 10 heteroatoms. The van der Waals surface area contributed by atoms with Crippen molar-refractivity contribution in [3.63, 3.8) is 0 Å². The van der Waals surface area contributed by atoms with Crippen molar-refractivity contribution in [2.45, 2.75) is 32.4 Å². The molecule has 1 N–H and O–H groups in total. The predicted octanol–water partition coefficient (Wildman–Crippen LogP) is 1.90. The molecule has 0 bridgehead atoms. The number of carbonyl (C=O) groups is 1. The van der Waals surface area contributed by atoms with Crippen molar-refractivity contribution in [2.24, 2.45) is 0 Å². The summed E-state index contributed by atoms with van der Waals surface area (Å²) in [5.74, 6) is -0.000297. The quantitative estimate of drug-likeness (QED) is 0.577. The lowest BCUT2D eigenvalue weighted by Crippen LogP contribution is -2.16. The summed E-state index contributed by atoms with van der Waals surface area (Å²) in [4.78, 5) is 42.0. The highest BCUT2D eigenvalue weighted by Crippen LogP contribution is 2.17. The smallest absolute Gasteiger partial charge is 0.337 e. The number of aryl methyl sites for hydroxylation is 2. The van der Waals surface area contributed by atoms with Crippen LogP contribution in [0.1, 0.15) is 47.2 Å². The molecular weight excluding hydrogens is 373 g/mol. The maximum absolute atomic E-state index is 13.4. The summed E-state index contributed by atoms with van der Waals surface area (Å²) < 4.78 is 28.3. The molecule has 0 aliphatic carbocycles. The molecule has 3 aromatic heterocycles. The highest BCUT2D eigenvalue weighted by atomic mass is 19.1. The highest BCUT2D eigenvalue weighted by molar-refractivity contribution is 5.95. The maximum Gasteiger partial charge on any atom is 0.337 e. The third kappa shape index (κ3) is 4.22. The van der Waals surface area contributed by atoms with Crippen LogP contribution in [0.4, 0.5) is 4.39 Å². The van der Waals surface area contributed by atoms with Gasteiger partial charge in [-0.25, -0.2) is 9.18 Å². The van der Waals surface area contributed by atoms with Crippen molar-refractivity contribution in [1.29, 1.82) is 0 Å². The second-order valence-corrected chi connectivity index (χ2v) is 6.23. The SMILES string of the molecule is COCC(=O)c1cc(CCCc2cc(=O)oc3nc(C(C)F)[nH]c(=O)c23)on1. The van der Waals surface area contributed by atoms with Gasteiger partial charge in [0.05, 0.1) is 0 Å². The van der Waals surface area contributed by atoms with Gasteiger partial charge in [0.1, 0.15) is 23.6 Å². The Morgan fingerprint density at radius 3 is 2.82 bits per heavy atom. The first-order valence-corrected chi connectivity index (χ1v) is 8.57. The fraction of sp³-hybridized carbons (Fsp3) is 0.389. The third-order valence-electron chi connectivity index (χ3n) is 4.08. The normalized spacial score (nSPS) is 12.4. The van der Waals surface area contributed by atoms with Crippen molar-refractivity contribution in [3.05, 3.63) is 55.7 Å². The van der Waals surface area contributed by atoms with Crippen LogP contribution in [0.5, 0.6) is 0 Å². The van der Waals surface area contributed by atoms with Crippen LogP contribution in [0.15, 0.2) is 30.7 Å². The minimum absolute atomic E-state index is 0.0903. The number of hydrogen-bond donors (Lipinski definition) is 1. The number of nitrogens with one attached hydrogen (secondary N) is 1. The summed E-state index contributed by atoms with van der Waals surface area (Å²) in [7, 11) is 1.41. The van der Waals surface area contributed by atoms with E-state index < -0.39 is 17.4 Å². The molecule has 3 aromatic rings. The average molecular weight is 391 g/mol. The van der Waals surface area contributed by atoms with Crippen molar-refractivity contribution >= 4 is 16.9 Å². The summed E-state index contributed by atoms with van der Waals surface area (Å²) in [6.07, 6.45) is -0.223. The Morgan fingerprint density at radius 1 is 1.32 bits per heavy atom. The first kappa shape index (κ1) is 19.6. The fourth-order valence-corrected chi connectivity index (χ4v) is 2.77. The van der Waals surface area contributed by atoms with Crippen LogP contribution in [-0.4, -0.2) is 34.6 Å². The highest BCUT2D eigenvalue weighted by Gasteiger charge is 2.16. The van der Waals surface area contributed by atoms with E-state index in [0.717, 1.165) is 0 Å². The Kier molecular flexibility index (Phi) is 5.78. The van der Waals surface area contributed by atoms with Gasteiger partial charge in [-0.2, -0.15) is 4.98 Å². The molecule has 3 heterocycles. The number of alkyl halides is 1. The third-order valence-corrected chi connectivity index (χ3v) is 4.08. The Labute approximate surface area is 157 Å². The van der Waals surface area contributed by atoms with Crippen LogP contribution in [0.2, 0.25) is 0 Å². The number of aromatic nitrogens is 3. The van der Waals surface area contributed by atoms with Crippen molar-refractivity contribution in [3.8, 4) is 0 Å². The molecule has 148 valence electrons. The second kappa shape index (κ2) is 8.26. The van der Waals surface area contributed by atoms with Gasteiger partial charge < -0.3 is 18.7 Å². The lowest BCUT2D eigenvalue weighted by Gasteiger charge is -2.06. The maximum atomic E-state index is 13.4. The molecule has 0 radical (unpaired) electrons. The molecule has 0 aliphatic rings. The zero-order valence-corrected chi connectivity index (χ0v) is 15.3. The topological polar surface area (TPSA) is 128 Å². The molecule has 1 unspecified atom stereocenters. The number of Topliss-reactive ketones (excluding diaryl/α,β-unsaturated/α-hetero) is 1. The lowest BCUT2D eigenvalue weighted by molar-refractivity contribution is 0.0838. The number of methoxy groups -OCH3 is 1. The first-order valence-electron chi connectivity index (χ1n) is 8.57. The monoisotopic (exact) mass is 391 g/mol. The molecule has 0 spiro atoms. The standard InChI is InChI=1S/C18H18FN3O6/c1-9(19)16-20-17(25)15-10(6-14(24)27-18(15)21-16)4-3-5-11-7-12(22-28-11)13(23)8-26-2/h6-7,9H,3-5,8H2,1-2H3,(H,20,21,25). The predicted molar refractivity (Wildman–Crippen MR) is 95.2 cm³/mol. The molecule has 0 amide bonds. The van der Waals surface area contributed by atoms with E-state index in [1.807, 2.05) is 0 Å². The van der Waals surface area contributed by atoms with Crippen LogP contribution in [0.25, 0.3) is 11.1 Å². The van der Waals surface area contributed by atoms with Crippen LogP contribution >= 0.6 is 0 Å². The number of ether oxygens (including phenoxy) is 1. The van der Waals surface area contributed by atoms with Gasteiger partial charge in [-0.15, -0.1) is 0 Å². The van der Waals surface area contributed by atoms with Gasteiger partial charge in [0.15, 0.2) is 11.9 Å². The number of aromatic amines is 1. The fourth-order valence-electron chi connectivity index (χ4n) is 2.77. The van der Waals surface area contributed by atoms with Gasteiger partial charge in [0.2, 0.25) is 11.5 Å². The number of halogens is 1. The summed E-state index contributed by atoms with van der Waals surface area (Å²) in [5.41, 5.74) is -0.831. The van der Waals surface area contributed by atoms with E-state index in [1.54, 1.807) is 0 Å². The Morgan fingerprint density at radius 2 is 2.11 bits per heavy atom. The molecule has 0 saturated carbocycles. The van der Waals surface area contributed by atoms with E-state index in [-0.39, 0.29) is 35.0 Å². The minimum atomic E-state index is -1.51. The van der Waals surface area contributed by atoms with Crippen LogP contribution < -0.4 is 11.2 Å². The Balaban J connectivity index is 1.79. The molecular formula is C18H18FN3O6. The van der Waals surface area contributed by atoms with Crippen LogP contribution in [-0.2, 0) is 17.6 Å². The number of nitrogens with zero attached hydrogens (tertiary/aromatic N) is 2. The Hall–Kier alpha value is -3.14. The molecule has 0 saturated heterocycles. The van der Waals surface area contributed by atoms with Gasteiger partial charge >= 0.3 is 5.63 Å². The molecule has 28 heavy (non-hydrogen) atoms. The van der Waals surface area contributed by atoms with E-state index in [2.05, 4.69) is 15.1 Å².